The van der Waals surface area contributed by atoms with Crippen molar-refractivity contribution < 1.29 is 0 Å². The Morgan fingerprint density at radius 3 is 2.94 bits per heavy atom. The van der Waals surface area contributed by atoms with Crippen molar-refractivity contribution in [3.63, 3.8) is 0 Å². The van der Waals surface area contributed by atoms with E-state index >= 15 is 0 Å². The highest BCUT2D eigenvalue weighted by Gasteiger charge is 2.16. The number of imidazole rings is 1. The minimum atomic E-state index is 0.359. The van der Waals surface area contributed by atoms with Crippen molar-refractivity contribution in [2.24, 2.45) is 0 Å². The van der Waals surface area contributed by atoms with Crippen LogP contribution in [0, 0.1) is 6.92 Å². The van der Waals surface area contributed by atoms with E-state index in [0.29, 0.717) is 11.9 Å². The summed E-state index contributed by atoms with van der Waals surface area (Å²) < 4.78 is 2.16. The average molecular weight is 270 g/mol. The molecule has 1 atom stereocenters. The molecule has 0 N–H and O–H groups in total. The molecule has 2 heterocycles. The summed E-state index contributed by atoms with van der Waals surface area (Å²) in [4.78, 5) is 9.04. The fraction of sp³-hybridized carbons (Fsp3) is 0.500. The fourth-order valence-electron chi connectivity index (χ4n) is 2.03. The number of rotatable bonds is 4. The second kappa shape index (κ2) is 5.27. The summed E-state index contributed by atoms with van der Waals surface area (Å²) in [5.41, 5.74) is 3.06. The quantitative estimate of drug-likeness (QED) is 0.797. The lowest BCUT2D eigenvalue weighted by atomic mass is 10.2. The van der Waals surface area contributed by atoms with Crippen LogP contribution in [-0.4, -0.2) is 26.5 Å². The molecule has 2 aromatic heterocycles. The van der Waals surface area contributed by atoms with Gasteiger partial charge in [-0.05, 0) is 31.7 Å². The van der Waals surface area contributed by atoms with E-state index in [-0.39, 0.29) is 0 Å². The number of aromatic nitrogens is 3. The lowest BCUT2D eigenvalue weighted by molar-refractivity contribution is 0.601. The number of hydrogen-bond acceptors (Lipinski definition) is 3. The normalized spacial score (nSPS) is 13.2. The van der Waals surface area contributed by atoms with Gasteiger partial charge in [0.1, 0.15) is 11.3 Å². The van der Waals surface area contributed by atoms with Gasteiger partial charge in [0, 0.05) is 18.0 Å². The Balaban J connectivity index is 2.62. The molecule has 17 heavy (non-hydrogen) atoms. The minimum Gasteiger partial charge on any atom is -0.308 e. The summed E-state index contributed by atoms with van der Waals surface area (Å²) in [6, 6.07) is 2.34. The molecule has 0 amide bonds. The third kappa shape index (κ3) is 2.29. The Morgan fingerprint density at radius 1 is 1.53 bits per heavy atom. The predicted octanol–water partition coefficient (Wildman–Crippen LogP) is 3.40. The highest BCUT2D eigenvalue weighted by atomic mass is 35.5. The van der Waals surface area contributed by atoms with E-state index < -0.39 is 0 Å². The van der Waals surface area contributed by atoms with Crippen molar-refractivity contribution >= 4 is 34.5 Å². The van der Waals surface area contributed by atoms with Crippen molar-refractivity contribution in [2.45, 2.75) is 25.8 Å². The van der Waals surface area contributed by atoms with Gasteiger partial charge >= 0.3 is 0 Å². The molecule has 0 aliphatic heterocycles. The molecule has 3 nitrogen and oxygen atoms in total. The number of aryl methyl sites for hydroxylation is 1. The van der Waals surface area contributed by atoms with Crippen LogP contribution in [-0.2, 0) is 5.88 Å². The largest absolute Gasteiger partial charge is 0.308 e. The van der Waals surface area contributed by atoms with Crippen molar-refractivity contribution in [3.8, 4) is 0 Å². The number of hydrogen-bond donors (Lipinski definition) is 0. The van der Waals surface area contributed by atoms with Crippen LogP contribution in [0.5, 0.6) is 0 Å². The first-order valence-electron chi connectivity index (χ1n) is 5.56. The Kier molecular flexibility index (Phi) is 3.94. The summed E-state index contributed by atoms with van der Waals surface area (Å²) in [7, 11) is 0. The van der Waals surface area contributed by atoms with E-state index in [1.807, 2.05) is 24.0 Å². The fourth-order valence-corrected chi connectivity index (χ4v) is 2.85. The van der Waals surface area contributed by atoms with Crippen LogP contribution < -0.4 is 0 Å². The molecule has 0 spiro atoms. The molecular weight excluding hydrogens is 254 g/mol. The SMILES string of the molecule is CSCC(C)n1c(CCl)nc2c(C)ccnc21. The molecule has 0 bridgehead atoms. The molecule has 2 aromatic rings. The number of thioether (sulfide) groups is 1. The summed E-state index contributed by atoms with van der Waals surface area (Å²) in [6.45, 7) is 4.23. The first kappa shape index (κ1) is 12.7. The van der Waals surface area contributed by atoms with Crippen LogP contribution in [0.3, 0.4) is 0 Å². The van der Waals surface area contributed by atoms with Crippen molar-refractivity contribution in [1.29, 1.82) is 0 Å². The number of nitrogens with zero attached hydrogens (tertiary/aromatic N) is 3. The first-order valence-corrected chi connectivity index (χ1v) is 7.49. The van der Waals surface area contributed by atoms with Gasteiger partial charge in [0.2, 0.25) is 0 Å². The Bertz CT molecular complexity index is 524. The third-order valence-corrected chi connectivity index (χ3v) is 3.88. The molecule has 0 fully saturated rings. The van der Waals surface area contributed by atoms with Crippen LogP contribution in [0.25, 0.3) is 11.2 Å². The minimum absolute atomic E-state index is 0.359. The molecule has 0 radical (unpaired) electrons. The van der Waals surface area contributed by atoms with Crippen LogP contribution >= 0.6 is 23.4 Å². The maximum atomic E-state index is 5.98. The van der Waals surface area contributed by atoms with Crippen LogP contribution in [0.2, 0.25) is 0 Å². The van der Waals surface area contributed by atoms with E-state index in [0.717, 1.165) is 28.3 Å². The van der Waals surface area contributed by atoms with Crippen molar-refractivity contribution in [2.75, 3.05) is 12.0 Å². The highest BCUT2D eigenvalue weighted by molar-refractivity contribution is 7.98. The summed E-state index contributed by atoms with van der Waals surface area (Å²) in [5.74, 6) is 2.37. The van der Waals surface area contributed by atoms with Gasteiger partial charge in [-0.25, -0.2) is 9.97 Å². The van der Waals surface area contributed by atoms with Gasteiger partial charge in [0.25, 0.3) is 0 Å². The molecule has 0 saturated carbocycles. The van der Waals surface area contributed by atoms with Crippen LogP contribution in [0.1, 0.15) is 24.4 Å². The number of fused-ring (bicyclic) bond motifs is 1. The second-order valence-electron chi connectivity index (χ2n) is 4.14. The van der Waals surface area contributed by atoms with Crippen LogP contribution in [0.4, 0.5) is 0 Å². The van der Waals surface area contributed by atoms with Gasteiger partial charge in [-0.1, -0.05) is 0 Å². The third-order valence-electron chi connectivity index (χ3n) is 2.82. The van der Waals surface area contributed by atoms with Gasteiger partial charge in [-0.2, -0.15) is 11.8 Å². The molecule has 92 valence electrons. The lowest BCUT2D eigenvalue weighted by Gasteiger charge is -2.14. The van der Waals surface area contributed by atoms with Crippen LogP contribution in [0.15, 0.2) is 12.3 Å². The van der Waals surface area contributed by atoms with Crippen molar-refractivity contribution in [1.82, 2.24) is 14.5 Å². The van der Waals surface area contributed by atoms with E-state index in [4.69, 9.17) is 11.6 Å². The number of halogens is 1. The summed E-state index contributed by atoms with van der Waals surface area (Å²) in [6.07, 6.45) is 3.94. The zero-order chi connectivity index (χ0) is 12.4. The molecule has 0 saturated heterocycles. The lowest BCUT2D eigenvalue weighted by Crippen LogP contribution is -2.11. The standard InChI is InChI=1S/C12H16ClN3S/c1-8-4-5-14-12-11(8)15-10(6-13)16(12)9(2)7-17-3/h4-5,9H,6-7H2,1-3H3. The zero-order valence-electron chi connectivity index (χ0n) is 10.3. The maximum Gasteiger partial charge on any atom is 0.160 e. The summed E-state index contributed by atoms with van der Waals surface area (Å²) >= 11 is 7.80. The van der Waals surface area contributed by atoms with Gasteiger partial charge < -0.3 is 4.57 Å². The van der Waals surface area contributed by atoms with E-state index in [1.165, 1.54) is 0 Å². The molecule has 2 rings (SSSR count). The topological polar surface area (TPSA) is 30.7 Å². The van der Waals surface area contributed by atoms with Gasteiger partial charge in [0.15, 0.2) is 5.65 Å². The van der Waals surface area contributed by atoms with Gasteiger partial charge in [-0.3, -0.25) is 0 Å². The maximum absolute atomic E-state index is 5.98. The van der Waals surface area contributed by atoms with E-state index in [9.17, 15) is 0 Å². The Morgan fingerprint density at radius 2 is 2.29 bits per heavy atom. The van der Waals surface area contributed by atoms with Gasteiger partial charge in [-0.15, -0.1) is 11.6 Å². The predicted molar refractivity (Wildman–Crippen MR) is 74.9 cm³/mol. The second-order valence-corrected chi connectivity index (χ2v) is 5.31. The molecule has 0 aliphatic rings. The first-order chi connectivity index (χ1) is 8.19. The van der Waals surface area contributed by atoms with Crippen molar-refractivity contribution in [3.05, 3.63) is 23.7 Å². The Labute approximate surface area is 111 Å². The molecule has 5 heteroatoms. The number of pyridine rings is 1. The van der Waals surface area contributed by atoms with E-state index in [2.05, 4.69) is 34.6 Å². The van der Waals surface area contributed by atoms with Gasteiger partial charge in [0.05, 0.1) is 5.88 Å². The average Bonchev–Trinajstić information content (AvgIpc) is 2.69. The van der Waals surface area contributed by atoms with E-state index in [1.54, 1.807) is 0 Å². The zero-order valence-corrected chi connectivity index (χ0v) is 11.8. The number of alkyl halides is 1. The smallest absolute Gasteiger partial charge is 0.160 e. The highest BCUT2D eigenvalue weighted by Crippen LogP contribution is 2.24. The molecule has 1 unspecified atom stereocenters. The summed E-state index contributed by atoms with van der Waals surface area (Å²) in [5, 5.41) is 0. The monoisotopic (exact) mass is 269 g/mol. The Hall–Kier alpha value is -0.740. The molecule has 0 aromatic carbocycles. The molecular formula is C12H16ClN3S. The molecule has 0 aliphatic carbocycles.